The average Bonchev–Trinajstić information content (AvgIpc) is 1.98. The standard InChI is InChI=1S/C10H21BrO/c1-9(2)7-12-6-5-10(3,4)8-11/h9H,5-8H2,1-4H3. The first-order valence-corrected chi connectivity index (χ1v) is 5.74. The van der Waals surface area contributed by atoms with E-state index in [0.717, 1.165) is 25.0 Å². The molecular formula is C10H21BrO. The average molecular weight is 237 g/mol. The van der Waals surface area contributed by atoms with Crippen LogP contribution in [-0.2, 0) is 4.74 Å². The first-order chi connectivity index (χ1) is 5.48. The third-order valence-electron chi connectivity index (χ3n) is 1.74. The number of hydrogen-bond acceptors (Lipinski definition) is 1. The van der Waals surface area contributed by atoms with Gasteiger partial charge in [-0.05, 0) is 17.8 Å². The molecule has 2 heteroatoms. The third kappa shape index (κ3) is 7.11. The van der Waals surface area contributed by atoms with Gasteiger partial charge in [0.15, 0.2) is 0 Å². The Balaban J connectivity index is 3.31. The van der Waals surface area contributed by atoms with Gasteiger partial charge in [-0.15, -0.1) is 0 Å². The highest BCUT2D eigenvalue weighted by Gasteiger charge is 2.15. The van der Waals surface area contributed by atoms with Gasteiger partial charge in [0.05, 0.1) is 0 Å². The molecule has 0 aliphatic carbocycles. The normalized spacial score (nSPS) is 12.5. The van der Waals surface area contributed by atoms with E-state index >= 15 is 0 Å². The van der Waals surface area contributed by atoms with Crippen LogP contribution in [0, 0.1) is 11.3 Å². The summed E-state index contributed by atoms with van der Waals surface area (Å²) in [6, 6.07) is 0. The van der Waals surface area contributed by atoms with Gasteiger partial charge in [0.25, 0.3) is 0 Å². The second kappa shape index (κ2) is 5.98. The molecule has 0 bridgehead atoms. The van der Waals surface area contributed by atoms with Gasteiger partial charge in [-0.25, -0.2) is 0 Å². The number of ether oxygens (including phenoxy) is 1. The fraction of sp³-hybridized carbons (Fsp3) is 1.00. The number of rotatable bonds is 6. The molecule has 0 aromatic heterocycles. The number of hydrogen-bond donors (Lipinski definition) is 0. The van der Waals surface area contributed by atoms with Crippen LogP contribution >= 0.6 is 15.9 Å². The summed E-state index contributed by atoms with van der Waals surface area (Å²) in [5.74, 6) is 0.650. The van der Waals surface area contributed by atoms with Crippen LogP contribution in [-0.4, -0.2) is 18.5 Å². The molecule has 0 saturated carbocycles. The first kappa shape index (κ1) is 12.4. The molecule has 0 aromatic rings. The monoisotopic (exact) mass is 236 g/mol. The predicted octanol–water partition coefficient (Wildman–Crippen LogP) is 3.47. The van der Waals surface area contributed by atoms with Crippen molar-refractivity contribution in [1.82, 2.24) is 0 Å². The highest BCUT2D eigenvalue weighted by atomic mass is 79.9. The zero-order chi connectivity index (χ0) is 9.61. The summed E-state index contributed by atoms with van der Waals surface area (Å²) in [6.45, 7) is 10.6. The largest absolute Gasteiger partial charge is 0.381 e. The summed E-state index contributed by atoms with van der Waals surface area (Å²) in [5.41, 5.74) is 0.372. The van der Waals surface area contributed by atoms with E-state index in [0.29, 0.717) is 11.3 Å². The smallest absolute Gasteiger partial charge is 0.0488 e. The van der Waals surface area contributed by atoms with Gasteiger partial charge >= 0.3 is 0 Å². The van der Waals surface area contributed by atoms with Crippen molar-refractivity contribution in [3.05, 3.63) is 0 Å². The molecule has 0 atom stereocenters. The van der Waals surface area contributed by atoms with Gasteiger partial charge in [-0.1, -0.05) is 43.6 Å². The Bertz CT molecular complexity index is 110. The molecule has 74 valence electrons. The highest BCUT2D eigenvalue weighted by molar-refractivity contribution is 9.09. The van der Waals surface area contributed by atoms with E-state index < -0.39 is 0 Å². The third-order valence-corrected chi connectivity index (χ3v) is 3.25. The SMILES string of the molecule is CC(C)COCCC(C)(C)CBr. The fourth-order valence-corrected chi connectivity index (χ4v) is 1.01. The van der Waals surface area contributed by atoms with Crippen molar-refractivity contribution in [3.63, 3.8) is 0 Å². The van der Waals surface area contributed by atoms with E-state index in [1.54, 1.807) is 0 Å². The lowest BCUT2D eigenvalue weighted by molar-refractivity contribution is 0.0893. The van der Waals surface area contributed by atoms with Crippen molar-refractivity contribution < 1.29 is 4.74 Å². The van der Waals surface area contributed by atoms with E-state index in [1.165, 1.54) is 0 Å². The van der Waals surface area contributed by atoms with E-state index in [9.17, 15) is 0 Å². The summed E-state index contributed by atoms with van der Waals surface area (Å²) in [5, 5.41) is 1.05. The van der Waals surface area contributed by atoms with Gasteiger partial charge in [-0.3, -0.25) is 0 Å². The second-order valence-electron chi connectivity index (χ2n) is 4.52. The van der Waals surface area contributed by atoms with E-state index in [-0.39, 0.29) is 0 Å². The van der Waals surface area contributed by atoms with E-state index in [1.807, 2.05) is 0 Å². The topological polar surface area (TPSA) is 9.23 Å². The molecule has 0 spiro atoms. The van der Waals surface area contributed by atoms with Crippen molar-refractivity contribution in [2.75, 3.05) is 18.5 Å². The molecule has 0 aromatic carbocycles. The first-order valence-electron chi connectivity index (χ1n) is 4.61. The van der Waals surface area contributed by atoms with Crippen LogP contribution in [0.15, 0.2) is 0 Å². The van der Waals surface area contributed by atoms with Crippen LogP contribution in [0.2, 0.25) is 0 Å². The van der Waals surface area contributed by atoms with Crippen LogP contribution in [0.1, 0.15) is 34.1 Å². The quantitative estimate of drug-likeness (QED) is 0.507. The predicted molar refractivity (Wildman–Crippen MR) is 57.8 cm³/mol. The molecule has 0 aliphatic heterocycles. The Morgan fingerprint density at radius 1 is 1.33 bits per heavy atom. The Hall–Kier alpha value is 0.440. The molecular weight excluding hydrogens is 216 g/mol. The number of alkyl halides is 1. The summed E-state index contributed by atoms with van der Waals surface area (Å²) < 4.78 is 5.51. The van der Waals surface area contributed by atoms with E-state index in [2.05, 4.69) is 43.6 Å². The maximum absolute atomic E-state index is 5.51. The van der Waals surface area contributed by atoms with Crippen molar-refractivity contribution >= 4 is 15.9 Å². The minimum atomic E-state index is 0.372. The summed E-state index contributed by atoms with van der Waals surface area (Å²) >= 11 is 3.50. The van der Waals surface area contributed by atoms with Gasteiger partial charge in [-0.2, -0.15) is 0 Å². The van der Waals surface area contributed by atoms with Gasteiger partial charge in [0.1, 0.15) is 0 Å². The Morgan fingerprint density at radius 2 is 1.92 bits per heavy atom. The van der Waals surface area contributed by atoms with Gasteiger partial charge < -0.3 is 4.74 Å². The van der Waals surface area contributed by atoms with E-state index in [4.69, 9.17) is 4.74 Å². The summed E-state index contributed by atoms with van der Waals surface area (Å²) in [4.78, 5) is 0. The Labute approximate surface area is 85.0 Å². The van der Waals surface area contributed by atoms with Crippen LogP contribution in [0.3, 0.4) is 0 Å². The Kier molecular flexibility index (Phi) is 6.20. The molecule has 0 aliphatic rings. The molecule has 0 saturated heterocycles. The van der Waals surface area contributed by atoms with Crippen molar-refractivity contribution in [3.8, 4) is 0 Å². The summed E-state index contributed by atoms with van der Waals surface area (Å²) in [7, 11) is 0. The van der Waals surface area contributed by atoms with Crippen LogP contribution in [0.4, 0.5) is 0 Å². The molecule has 0 N–H and O–H groups in total. The fourth-order valence-electron chi connectivity index (χ4n) is 0.734. The van der Waals surface area contributed by atoms with Gasteiger partial charge in [0.2, 0.25) is 0 Å². The highest BCUT2D eigenvalue weighted by Crippen LogP contribution is 2.22. The lowest BCUT2D eigenvalue weighted by atomic mass is 9.93. The molecule has 0 heterocycles. The van der Waals surface area contributed by atoms with Crippen LogP contribution < -0.4 is 0 Å². The molecule has 0 unspecified atom stereocenters. The minimum absolute atomic E-state index is 0.372. The molecule has 0 amide bonds. The van der Waals surface area contributed by atoms with Gasteiger partial charge in [0, 0.05) is 18.5 Å². The zero-order valence-electron chi connectivity index (χ0n) is 8.69. The summed E-state index contributed by atoms with van der Waals surface area (Å²) in [6.07, 6.45) is 1.13. The Morgan fingerprint density at radius 3 is 2.33 bits per heavy atom. The molecule has 0 fully saturated rings. The second-order valence-corrected chi connectivity index (χ2v) is 5.08. The maximum atomic E-state index is 5.51. The maximum Gasteiger partial charge on any atom is 0.0488 e. The molecule has 0 radical (unpaired) electrons. The number of halogens is 1. The lowest BCUT2D eigenvalue weighted by Gasteiger charge is -2.21. The molecule has 0 rings (SSSR count). The van der Waals surface area contributed by atoms with Crippen LogP contribution in [0.5, 0.6) is 0 Å². The van der Waals surface area contributed by atoms with Crippen molar-refractivity contribution in [2.45, 2.75) is 34.1 Å². The van der Waals surface area contributed by atoms with Crippen LogP contribution in [0.25, 0.3) is 0 Å². The molecule has 12 heavy (non-hydrogen) atoms. The molecule has 1 nitrogen and oxygen atoms in total. The zero-order valence-corrected chi connectivity index (χ0v) is 10.3. The lowest BCUT2D eigenvalue weighted by Crippen LogP contribution is -2.16. The minimum Gasteiger partial charge on any atom is -0.381 e. The van der Waals surface area contributed by atoms with Crippen molar-refractivity contribution in [1.29, 1.82) is 0 Å². The van der Waals surface area contributed by atoms with Crippen molar-refractivity contribution in [2.24, 2.45) is 11.3 Å².